The molecule has 0 fully saturated rings. The smallest absolute Gasteiger partial charge is 0.390 e. The van der Waals surface area contributed by atoms with Crippen molar-refractivity contribution < 1.29 is 18.0 Å². The zero-order chi connectivity index (χ0) is 18.4. The van der Waals surface area contributed by atoms with Gasteiger partial charge in [-0.2, -0.15) is 13.2 Å². The highest BCUT2D eigenvalue weighted by Crippen LogP contribution is 2.31. The van der Waals surface area contributed by atoms with Gasteiger partial charge in [-0.3, -0.25) is 0 Å². The van der Waals surface area contributed by atoms with Gasteiger partial charge >= 0.3 is 6.18 Å². The van der Waals surface area contributed by atoms with Crippen LogP contribution in [0.2, 0.25) is 0 Å². The first-order chi connectivity index (χ1) is 12.5. The lowest BCUT2D eigenvalue weighted by Crippen LogP contribution is -2.08. The number of halogens is 3. The van der Waals surface area contributed by atoms with Gasteiger partial charge in [-0.05, 0) is 22.8 Å². The van der Waals surface area contributed by atoms with E-state index in [1.807, 2.05) is 54.6 Å². The minimum atomic E-state index is -4.45. The number of hydrogen-bond acceptors (Lipinski definition) is 2. The highest BCUT2D eigenvalue weighted by Gasteiger charge is 2.32. The summed E-state index contributed by atoms with van der Waals surface area (Å²) in [7, 11) is 0. The third-order valence-electron chi connectivity index (χ3n) is 3.76. The van der Waals surface area contributed by atoms with E-state index in [2.05, 4.69) is 11.4 Å². The second-order valence-corrected chi connectivity index (χ2v) is 5.58. The molecule has 0 aromatic heterocycles. The van der Waals surface area contributed by atoms with Crippen LogP contribution in [0, 0.1) is 0 Å². The normalized spacial score (nSPS) is 11.7. The number of nitrogens with zero attached hydrogens (tertiary/aromatic N) is 1. The quantitative estimate of drug-likeness (QED) is 0.419. The zero-order valence-corrected chi connectivity index (χ0v) is 13.7. The van der Waals surface area contributed by atoms with Gasteiger partial charge in [-0.15, -0.1) is 0 Å². The van der Waals surface area contributed by atoms with Crippen LogP contribution < -0.4 is 0 Å². The van der Waals surface area contributed by atoms with Gasteiger partial charge in [0, 0.05) is 5.56 Å². The summed E-state index contributed by atoms with van der Waals surface area (Å²) in [4.78, 5) is 5.08. The van der Waals surface area contributed by atoms with Crippen LogP contribution in [0.5, 0.6) is 0 Å². The zero-order valence-electron chi connectivity index (χ0n) is 13.7. The van der Waals surface area contributed by atoms with E-state index in [4.69, 9.17) is 4.84 Å². The molecule has 3 aromatic carbocycles. The lowest BCUT2D eigenvalue weighted by atomic mass is 10.0. The van der Waals surface area contributed by atoms with Crippen molar-refractivity contribution in [2.45, 2.75) is 12.8 Å². The fourth-order valence-electron chi connectivity index (χ4n) is 2.44. The van der Waals surface area contributed by atoms with Gasteiger partial charge in [0.25, 0.3) is 0 Å². The van der Waals surface area contributed by atoms with Crippen molar-refractivity contribution in [1.29, 1.82) is 0 Å². The standard InChI is InChI=1S/C21H15F3NO/c22-21(23,24)20-9-5-4-8-19(20)14-25-26-15-16-10-12-18(13-11-16)17-6-2-1-3-7-17/h1-13H,15H2. The van der Waals surface area contributed by atoms with Crippen LogP contribution in [0.1, 0.15) is 16.7 Å². The third-order valence-corrected chi connectivity index (χ3v) is 3.76. The molecule has 3 aromatic rings. The molecule has 5 heteroatoms. The Morgan fingerprint density at radius 1 is 0.769 bits per heavy atom. The molecule has 131 valence electrons. The van der Waals surface area contributed by atoms with E-state index >= 15 is 0 Å². The Kier molecular flexibility index (Phi) is 5.37. The second kappa shape index (κ2) is 7.87. The minimum Gasteiger partial charge on any atom is -0.390 e. The van der Waals surface area contributed by atoms with Crippen molar-refractivity contribution >= 4 is 6.21 Å². The predicted octanol–water partition coefficient (Wildman–Crippen LogP) is 5.80. The second-order valence-electron chi connectivity index (χ2n) is 5.58. The van der Waals surface area contributed by atoms with Crippen molar-refractivity contribution in [2.24, 2.45) is 5.16 Å². The van der Waals surface area contributed by atoms with Crippen LogP contribution in [0.25, 0.3) is 11.1 Å². The molecule has 0 unspecified atom stereocenters. The molecule has 0 saturated heterocycles. The Morgan fingerprint density at radius 3 is 2.08 bits per heavy atom. The van der Waals surface area contributed by atoms with Crippen LogP contribution in [-0.4, -0.2) is 6.21 Å². The van der Waals surface area contributed by atoms with E-state index in [0.29, 0.717) is 0 Å². The monoisotopic (exact) mass is 354 g/mol. The SMILES string of the molecule is FC(F)(F)c1ccccc1/[C]=N\OCc1ccc(-c2ccccc2)cc1. The Morgan fingerprint density at radius 2 is 1.38 bits per heavy atom. The average molecular weight is 354 g/mol. The fraction of sp³-hybridized carbons (Fsp3) is 0.0952. The van der Waals surface area contributed by atoms with Gasteiger partial charge in [-0.25, -0.2) is 0 Å². The molecular weight excluding hydrogens is 339 g/mol. The largest absolute Gasteiger partial charge is 0.417 e. The van der Waals surface area contributed by atoms with Crippen LogP contribution in [0.4, 0.5) is 13.2 Å². The maximum absolute atomic E-state index is 12.9. The number of rotatable bonds is 5. The highest BCUT2D eigenvalue weighted by atomic mass is 19.4. The molecule has 0 N–H and O–H groups in total. The molecule has 3 rings (SSSR count). The molecule has 0 saturated carbocycles. The van der Waals surface area contributed by atoms with Crippen molar-refractivity contribution in [3.8, 4) is 11.1 Å². The van der Waals surface area contributed by atoms with E-state index in [0.717, 1.165) is 22.8 Å². The maximum Gasteiger partial charge on any atom is 0.417 e. The summed E-state index contributed by atoms with van der Waals surface area (Å²) in [6, 6.07) is 22.7. The van der Waals surface area contributed by atoms with Gasteiger partial charge in [0.15, 0.2) is 0 Å². The molecule has 0 spiro atoms. The summed E-state index contributed by atoms with van der Waals surface area (Å²) < 4.78 is 38.6. The summed E-state index contributed by atoms with van der Waals surface area (Å²) in [5.74, 6) is 0. The molecule has 0 aliphatic heterocycles. The first-order valence-corrected chi connectivity index (χ1v) is 7.92. The Hall–Kier alpha value is -3.08. The van der Waals surface area contributed by atoms with Gasteiger partial charge in [0.05, 0.1) is 5.56 Å². The van der Waals surface area contributed by atoms with E-state index in [1.54, 1.807) is 0 Å². The molecule has 0 aliphatic carbocycles. The predicted molar refractivity (Wildman–Crippen MR) is 94.6 cm³/mol. The van der Waals surface area contributed by atoms with E-state index in [-0.39, 0.29) is 12.2 Å². The highest BCUT2D eigenvalue weighted by molar-refractivity contribution is 5.81. The summed E-state index contributed by atoms with van der Waals surface area (Å²) in [6.45, 7) is 0.149. The van der Waals surface area contributed by atoms with Crippen molar-refractivity contribution in [3.05, 3.63) is 95.6 Å². The third kappa shape index (κ3) is 4.51. The first kappa shape index (κ1) is 17.7. The number of hydrogen-bond donors (Lipinski definition) is 0. The van der Waals surface area contributed by atoms with E-state index < -0.39 is 11.7 Å². The number of alkyl halides is 3. The molecular formula is C21H15F3NO. The molecule has 0 bridgehead atoms. The van der Waals surface area contributed by atoms with Crippen LogP contribution >= 0.6 is 0 Å². The molecule has 0 aliphatic rings. The topological polar surface area (TPSA) is 21.6 Å². The minimum absolute atomic E-state index is 0.149. The van der Waals surface area contributed by atoms with Crippen molar-refractivity contribution in [1.82, 2.24) is 0 Å². The van der Waals surface area contributed by atoms with Crippen molar-refractivity contribution in [2.75, 3.05) is 0 Å². The summed E-state index contributed by atoms with van der Waals surface area (Å²) in [5, 5.41) is 3.54. The van der Waals surface area contributed by atoms with E-state index in [9.17, 15) is 13.2 Å². The molecule has 26 heavy (non-hydrogen) atoms. The van der Waals surface area contributed by atoms with Crippen LogP contribution in [-0.2, 0) is 17.6 Å². The van der Waals surface area contributed by atoms with Gasteiger partial charge in [0.2, 0.25) is 0 Å². The fourth-order valence-corrected chi connectivity index (χ4v) is 2.44. The van der Waals surface area contributed by atoms with Gasteiger partial charge in [0.1, 0.15) is 12.8 Å². The molecule has 2 nitrogen and oxygen atoms in total. The van der Waals surface area contributed by atoms with Crippen LogP contribution in [0.3, 0.4) is 0 Å². The van der Waals surface area contributed by atoms with E-state index in [1.165, 1.54) is 18.2 Å². The maximum atomic E-state index is 12.9. The lowest BCUT2D eigenvalue weighted by molar-refractivity contribution is -0.137. The summed E-state index contributed by atoms with van der Waals surface area (Å²) in [5.41, 5.74) is 2.09. The van der Waals surface area contributed by atoms with Crippen molar-refractivity contribution in [3.63, 3.8) is 0 Å². The Bertz CT molecular complexity index is 872. The van der Waals surface area contributed by atoms with Gasteiger partial charge in [-0.1, -0.05) is 78.0 Å². The van der Waals surface area contributed by atoms with Gasteiger partial charge < -0.3 is 4.84 Å². The Labute approximate surface area is 149 Å². The Balaban J connectivity index is 1.61. The average Bonchev–Trinajstić information content (AvgIpc) is 2.66. The molecule has 1 radical (unpaired) electrons. The molecule has 0 heterocycles. The lowest BCUT2D eigenvalue weighted by Gasteiger charge is -2.08. The molecule has 0 amide bonds. The number of benzene rings is 3. The molecule has 0 atom stereocenters. The summed E-state index contributed by atoms with van der Waals surface area (Å²) >= 11 is 0. The van der Waals surface area contributed by atoms with Crippen LogP contribution in [0.15, 0.2) is 84.0 Å². The first-order valence-electron chi connectivity index (χ1n) is 7.92. The summed E-state index contributed by atoms with van der Waals surface area (Å²) in [6.07, 6.45) is -2.14.